The van der Waals surface area contributed by atoms with E-state index in [-0.39, 0.29) is 78.2 Å². The number of carbonyl (C=O) groups is 3. The van der Waals surface area contributed by atoms with Crippen molar-refractivity contribution in [3.8, 4) is 0 Å². The molecule has 0 aliphatic heterocycles. The van der Waals surface area contributed by atoms with Gasteiger partial charge in [-0.2, -0.15) is 37.9 Å². The van der Waals surface area contributed by atoms with Crippen molar-refractivity contribution < 1.29 is 28.6 Å². The monoisotopic (exact) mass is 482 g/mol. The van der Waals surface area contributed by atoms with E-state index in [9.17, 15) is 14.4 Å². The highest BCUT2D eigenvalue weighted by molar-refractivity contribution is 7.81. The third-order valence-electron chi connectivity index (χ3n) is 4.82. The fraction of sp³-hybridized carbons (Fsp3) is 0.857. The molecule has 0 spiro atoms. The molecule has 0 fully saturated rings. The first-order valence-corrected chi connectivity index (χ1v) is 12.1. The Bertz CT molecular complexity index is 454. The lowest BCUT2D eigenvalue weighted by Crippen LogP contribution is -2.28. The molecule has 0 rings (SSSR count). The second kappa shape index (κ2) is 16.1. The molecule has 0 aliphatic rings. The molecule has 6 nitrogen and oxygen atoms in total. The zero-order valence-corrected chi connectivity index (χ0v) is 21.3. The van der Waals surface area contributed by atoms with E-state index in [0.717, 1.165) is 6.42 Å². The minimum Gasteiger partial charge on any atom is -0.466 e. The summed E-state index contributed by atoms with van der Waals surface area (Å²) in [5.74, 6) is -0.859. The molecule has 0 aromatic heterocycles. The summed E-state index contributed by atoms with van der Waals surface area (Å²) in [5, 5.41) is -0.179. The van der Waals surface area contributed by atoms with Gasteiger partial charge in [-0.1, -0.05) is 34.1 Å². The number of esters is 3. The Kier molecular flexibility index (Phi) is 15.9. The van der Waals surface area contributed by atoms with Gasteiger partial charge < -0.3 is 14.2 Å². The van der Waals surface area contributed by atoms with Gasteiger partial charge in [0.1, 0.15) is 0 Å². The van der Waals surface area contributed by atoms with Gasteiger partial charge in [0.25, 0.3) is 0 Å². The molecule has 3 atom stereocenters. The van der Waals surface area contributed by atoms with Crippen molar-refractivity contribution in [2.24, 2.45) is 5.41 Å². The predicted molar refractivity (Wildman–Crippen MR) is 129 cm³/mol. The summed E-state index contributed by atoms with van der Waals surface area (Å²) in [6, 6.07) is 0. The van der Waals surface area contributed by atoms with E-state index in [1.807, 2.05) is 27.7 Å². The molecule has 0 aliphatic carbocycles. The summed E-state index contributed by atoms with van der Waals surface area (Å²) in [7, 11) is 0. The molecule has 3 unspecified atom stereocenters. The molecule has 9 heteroatoms. The Labute approximate surface area is 197 Å². The van der Waals surface area contributed by atoms with Crippen LogP contribution >= 0.6 is 37.9 Å². The highest BCUT2D eigenvalue weighted by Gasteiger charge is 2.29. The first-order valence-electron chi connectivity index (χ1n) is 10.5. The Hall–Kier alpha value is -0.540. The first-order chi connectivity index (χ1) is 14.0. The number of carbonyl (C=O) groups excluding carboxylic acids is 3. The van der Waals surface area contributed by atoms with Gasteiger partial charge in [0.15, 0.2) is 0 Å². The molecule has 0 aromatic carbocycles. The zero-order chi connectivity index (χ0) is 23.2. The zero-order valence-electron chi connectivity index (χ0n) is 18.6. The molecule has 176 valence electrons. The van der Waals surface area contributed by atoms with Crippen molar-refractivity contribution in [3.63, 3.8) is 0 Å². The molecule has 0 amide bonds. The Morgan fingerprint density at radius 1 is 0.667 bits per heavy atom. The Balaban J connectivity index is 4.81. The van der Waals surface area contributed by atoms with Crippen LogP contribution in [0.2, 0.25) is 0 Å². The van der Waals surface area contributed by atoms with Gasteiger partial charge in [-0.15, -0.1) is 0 Å². The third-order valence-corrected chi connectivity index (χ3v) is 5.37. The quantitative estimate of drug-likeness (QED) is 0.173. The second-order valence-corrected chi connectivity index (χ2v) is 10.6. The minimum atomic E-state index is -0.286. The van der Waals surface area contributed by atoms with E-state index in [2.05, 4.69) is 37.9 Å². The maximum Gasteiger partial charge on any atom is 0.306 e. The topological polar surface area (TPSA) is 78.9 Å². The van der Waals surface area contributed by atoms with Crippen molar-refractivity contribution in [2.45, 2.75) is 88.4 Å². The number of rotatable bonds is 16. The molecule has 0 radical (unpaired) electrons. The van der Waals surface area contributed by atoms with E-state index in [4.69, 9.17) is 14.2 Å². The van der Waals surface area contributed by atoms with Crippen LogP contribution in [-0.4, -0.2) is 53.5 Å². The molecule has 0 aromatic rings. The lowest BCUT2D eigenvalue weighted by atomic mass is 9.76. The summed E-state index contributed by atoms with van der Waals surface area (Å²) in [4.78, 5) is 35.4. The molecule has 0 saturated heterocycles. The third kappa shape index (κ3) is 15.3. The van der Waals surface area contributed by atoms with Crippen molar-refractivity contribution in [2.75, 3.05) is 19.8 Å². The van der Waals surface area contributed by atoms with Crippen LogP contribution in [0.15, 0.2) is 0 Å². The van der Waals surface area contributed by atoms with Crippen LogP contribution in [0.3, 0.4) is 0 Å². The maximum atomic E-state index is 11.8. The number of ether oxygens (including phenoxy) is 3. The summed E-state index contributed by atoms with van der Waals surface area (Å²) in [6.45, 7) is 8.32. The number of thiol groups is 3. The lowest BCUT2D eigenvalue weighted by molar-refractivity contribution is -0.145. The van der Waals surface area contributed by atoms with Crippen LogP contribution in [0, 0.1) is 5.41 Å². The largest absolute Gasteiger partial charge is 0.466 e. The standard InChI is InChI=1S/C21H38O6S3/c1-5-21(6-9-25-18(22)12-15(2)28,7-10-26-19(23)13-16(3)29)8-11-27-20(24)14-17(4)30/h15-17,28-30H,5-14H2,1-4H3. The van der Waals surface area contributed by atoms with Gasteiger partial charge in [-0.25, -0.2) is 0 Å². The van der Waals surface area contributed by atoms with Crippen molar-refractivity contribution >= 4 is 55.8 Å². The summed E-state index contributed by atoms with van der Waals surface area (Å²) in [6.07, 6.45) is 3.31. The highest BCUT2D eigenvalue weighted by Crippen LogP contribution is 2.35. The molecular formula is C21H38O6S3. The van der Waals surface area contributed by atoms with Gasteiger partial charge >= 0.3 is 17.9 Å². The SMILES string of the molecule is CCC(CCOC(=O)CC(C)S)(CCOC(=O)CC(C)S)CCOC(=O)CC(C)S. The Morgan fingerprint density at radius 2 is 0.933 bits per heavy atom. The fourth-order valence-corrected chi connectivity index (χ4v) is 3.40. The summed E-state index contributed by atoms with van der Waals surface area (Å²) >= 11 is 12.6. The van der Waals surface area contributed by atoms with Crippen LogP contribution < -0.4 is 0 Å². The second-order valence-electron chi connectivity index (χ2n) is 7.92. The predicted octanol–water partition coefficient (Wildman–Crippen LogP) is 4.31. The highest BCUT2D eigenvalue weighted by atomic mass is 32.1. The van der Waals surface area contributed by atoms with Gasteiger partial charge in [-0.05, 0) is 24.7 Å². The fourth-order valence-electron chi connectivity index (χ4n) is 2.95. The maximum absolute atomic E-state index is 11.8. The van der Waals surface area contributed by atoms with Gasteiger partial charge in [0.2, 0.25) is 0 Å². The number of hydrogen-bond donors (Lipinski definition) is 3. The molecular weight excluding hydrogens is 444 g/mol. The van der Waals surface area contributed by atoms with E-state index in [1.165, 1.54) is 0 Å². The van der Waals surface area contributed by atoms with Crippen molar-refractivity contribution in [1.82, 2.24) is 0 Å². The van der Waals surface area contributed by atoms with Crippen molar-refractivity contribution in [3.05, 3.63) is 0 Å². The number of hydrogen-bond acceptors (Lipinski definition) is 9. The summed E-state index contributed by atoms with van der Waals surface area (Å²) < 4.78 is 16.0. The molecule has 0 heterocycles. The molecule has 0 saturated carbocycles. The average molecular weight is 483 g/mol. The van der Waals surface area contributed by atoms with Crippen molar-refractivity contribution in [1.29, 1.82) is 0 Å². The minimum absolute atomic E-state index is 0.0595. The van der Waals surface area contributed by atoms with E-state index in [1.54, 1.807) is 0 Å². The van der Waals surface area contributed by atoms with Gasteiger partial charge in [0, 0.05) is 15.7 Å². The molecule has 30 heavy (non-hydrogen) atoms. The van der Waals surface area contributed by atoms with Crippen LogP contribution in [-0.2, 0) is 28.6 Å². The van der Waals surface area contributed by atoms with Crippen LogP contribution in [0.25, 0.3) is 0 Å². The van der Waals surface area contributed by atoms with E-state index < -0.39 is 0 Å². The van der Waals surface area contributed by atoms with Crippen LogP contribution in [0.4, 0.5) is 0 Å². The van der Waals surface area contributed by atoms with E-state index >= 15 is 0 Å². The van der Waals surface area contributed by atoms with Crippen LogP contribution in [0.1, 0.15) is 72.6 Å². The van der Waals surface area contributed by atoms with Gasteiger partial charge in [-0.3, -0.25) is 14.4 Å². The van der Waals surface area contributed by atoms with Crippen LogP contribution in [0.5, 0.6) is 0 Å². The van der Waals surface area contributed by atoms with E-state index in [0.29, 0.717) is 19.3 Å². The first kappa shape index (κ1) is 29.5. The lowest BCUT2D eigenvalue weighted by Gasteiger charge is -2.32. The Morgan fingerprint density at radius 3 is 1.13 bits per heavy atom. The molecule has 0 bridgehead atoms. The average Bonchev–Trinajstić information content (AvgIpc) is 2.59. The normalized spacial score (nSPS) is 16.1. The smallest absolute Gasteiger partial charge is 0.306 e. The summed E-state index contributed by atoms with van der Waals surface area (Å²) in [5.41, 5.74) is -0.271. The van der Waals surface area contributed by atoms with Gasteiger partial charge in [0.05, 0.1) is 39.1 Å². The molecule has 0 N–H and O–H groups in total.